The highest BCUT2D eigenvalue weighted by Gasteiger charge is 1.97. The van der Waals surface area contributed by atoms with E-state index >= 15 is 0 Å². The third-order valence-corrected chi connectivity index (χ3v) is 4.03. The fraction of sp³-hybridized carbons (Fsp3) is 0.400. The van der Waals surface area contributed by atoms with Gasteiger partial charge in [-0.05, 0) is 48.4 Å². The van der Waals surface area contributed by atoms with Crippen molar-refractivity contribution in [2.24, 2.45) is 0 Å². The topological polar surface area (TPSA) is 21.3 Å². The molecule has 3 heteroatoms. The number of hydrogen-bond acceptors (Lipinski definition) is 2. The Morgan fingerprint density at radius 1 is 0.870 bits per heavy atom. The molecule has 0 saturated carbocycles. The summed E-state index contributed by atoms with van der Waals surface area (Å²) in [6, 6.07) is 16.1. The highest BCUT2D eigenvalue weighted by atomic mass is 35.5. The van der Waals surface area contributed by atoms with Gasteiger partial charge in [-0.1, -0.05) is 56.3 Å². The number of ether oxygens (including phenoxy) is 1. The molecule has 0 aliphatic carbocycles. The normalized spacial score (nSPS) is 10.5. The maximum atomic E-state index is 5.88. The number of nitrogens with one attached hydrogen (secondary N) is 1. The van der Waals surface area contributed by atoms with E-state index in [1.165, 1.54) is 31.2 Å². The molecule has 124 valence electrons. The Balaban J connectivity index is 1.68. The molecule has 0 spiro atoms. The van der Waals surface area contributed by atoms with Gasteiger partial charge in [-0.3, -0.25) is 0 Å². The van der Waals surface area contributed by atoms with Gasteiger partial charge in [0.1, 0.15) is 5.75 Å². The van der Waals surface area contributed by atoms with Crippen LogP contribution >= 0.6 is 11.6 Å². The lowest BCUT2D eigenvalue weighted by molar-refractivity contribution is 0.304. The average molecular weight is 332 g/mol. The molecule has 2 aromatic carbocycles. The Morgan fingerprint density at radius 2 is 1.57 bits per heavy atom. The van der Waals surface area contributed by atoms with Crippen LogP contribution in [-0.4, -0.2) is 6.61 Å². The zero-order valence-electron chi connectivity index (χ0n) is 13.9. The molecule has 2 nitrogen and oxygen atoms in total. The fourth-order valence-electron chi connectivity index (χ4n) is 2.37. The Kier molecular flexibility index (Phi) is 7.82. The molecule has 0 aliphatic heterocycles. The van der Waals surface area contributed by atoms with Gasteiger partial charge in [0.15, 0.2) is 0 Å². The third-order valence-electron chi connectivity index (χ3n) is 3.78. The first-order chi connectivity index (χ1) is 11.3. The van der Waals surface area contributed by atoms with Gasteiger partial charge >= 0.3 is 0 Å². The molecule has 0 radical (unpaired) electrons. The second-order valence-electron chi connectivity index (χ2n) is 5.77. The van der Waals surface area contributed by atoms with E-state index in [1.807, 2.05) is 36.4 Å². The number of benzene rings is 2. The van der Waals surface area contributed by atoms with E-state index in [2.05, 4.69) is 24.4 Å². The van der Waals surface area contributed by atoms with Gasteiger partial charge < -0.3 is 10.1 Å². The van der Waals surface area contributed by atoms with E-state index in [4.69, 9.17) is 16.3 Å². The van der Waals surface area contributed by atoms with Crippen LogP contribution in [0, 0.1) is 0 Å². The van der Waals surface area contributed by atoms with Crippen LogP contribution in [0.15, 0.2) is 48.5 Å². The summed E-state index contributed by atoms with van der Waals surface area (Å²) in [7, 11) is 0. The SMILES string of the molecule is CCCCCCCOc1ccc(CNc2ccc(Cl)cc2)cc1. The molecule has 0 aromatic heterocycles. The summed E-state index contributed by atoms with van der Waals surface area (Å²) in [5.41, 5.74) is 2.30. The molecule has 0 bridgehead atoms. The van der Waals surface area contributed by atoms with E-state index in [1.54, 1.807) is 0 Å². The van der Waals surface area contributed by atoms with E-state index in [-0.39, 0.29) is 0 Å². The summed E-state index contributed by atoms with van der Waals surface area (Å²) in [5.74, 6) is 0.954. The maximum Gasteiger partial charge on any atom is 0.119 e. The van der Waals surface area contributed by atoms with Crippen molar-refractivity contribution >= 4 is 17.3 Å². The Labute approximate surface area is 144 Å². The third kappa shape index (κ3) is 6.96. The van der Waals surface area contributed by atoms with Crippen LogP contribution in [-0.2, 0) is 6.54 Å². The van der Waals surface area contributed by atoms with Gasteiger partial charge in [-0.15, -0.1) is 0 Å². The van der Waals surface area contributed by atoms with E-state index < -0.39 is 0 Å². The Morgan fingerprint density at radius 3 is 2.26 bits per heavy atom. The summed E-state index contributed by atoms with van der Waals surface area (Å²) >= 11 is 5.88. The summed E-state index contributed by atoms with van der Waals surface area (Å²) in [6.45, 7) is 3.84. The van der Waals surface area contributed by atoms with Gasteiger partial charge in [0.25, 0.3) is 0 Å². The molecule has 0 saturated heterocycles. The lowest BCUT2D eigenvalue weighted by Gasteiger charge is -2.09. The molecular formula is C20H26ClNO. The molecule has 2 aromatic rings. The lowest BCUT2D eigenvalue weighted by atomic mass is 10.2. The summed E-state index contributed by atoms with van der Waals surface area (Å²) in [5, 5.41) is 4.14. The number of unbranched alkanes of at least 4 members (excludes halogenated alkanes) is 4. The maximum absolute atomic E-state index is 5.88. The molecule has 0 atom stereocenters. The predicted molar refractivity (Wildman–Crippen MR) is 99.5 cm³/mol. The highest BCUT2D eigenvalue weighted by molar-refractivity contribution is 6.30. The van der Waals surface area contributed by atoms with Crippen LogP contribution in [0.5, 0.6) is 5.75 Å². The largest absolute Gasteiger partial charge is 0.494 e. The van der Waals surface area contributed by atoms with Crippen LogP contribution in [0.3, 0.4) is 0 Å². The minimum absolute atomic E-state index is 0.756. The van der Waals surface area contributed by atoms with Crippen molar-refractivity contribution in [3.63, 3.8) is 0 Å². The molecule has 0 amide bonds. The van der Waals surface area contributed by atoms with E-state index in [9.17, 15) is 0 Å². The van der Waals surface area contributed by atoms with Gasteiger partial charge in [0.2, 0.25) is 0 Å². The quantitative estimate of drug-likeness (QED) is 0.516. The zero-order chi connectivity index (χ0) is 16.3. The average Bonchev–Trinajstić information content (AvgIpc) is 2.58. The van der Waals surface area contributed by atoms with E-state index in [0.29, 0.717) is 0 Å². The standard InChI is InChI=1S/C20H26ClNO/c1-2-3-4-5-6-15-23-20-13-7-17(8-14-20)16-22-19-11-9-18(21)10-12-19/h7-14,22H,2-6,15-16H2,1H3. The van der Waals surface area contributed by atoms with Gasteiger partial charge in [0, 0.05) is 17.3 Å². The van der Waals surface area contributed by atoms with E-state index in [0.717, 1.165) is 36.0 Å². The molecule has 23 heavy (non-hydrogen) atoms. The van der Waals surface area contributed by atoms with Crippen LogP contribution in [0.2, 0.25) is 5.02 Å². The van der Waals surface area contributed by atoms with Crippen molar-refractivity contribution in [2.45, 2.75) is 45.6 Å². The van der Waals surface area contributed by atoms with Gasteiger partial charge in [0.05, 0.1) is 6.61 Å². The van der Waals surface area contributed by atoms with Gasteiger partial charge in [-0.2, -0.15) is 0 Å². The molecule has 2 rings (SSSR count). The van der Waals surface area contributed by atoms with Crippen LogP contribution in [0.1, 0.15) is 44.6 Å². The zero-order valence-corrected chi connectivity index (χ0v) is 14.6. The fourth-order valence-corrected chi connectivity index (χ4v) is 2.50. The number of rotatable bonds is 10. The smallest absolute Gasteiger partial charge is 0.119 e. The number of hydrogen-bond donors (Lipinski definition) is 1. The molecule has 0 heterocycles. The van der Waals surface area contributed by atoms with Crippen LogP contribution in [0.25, 0.3) is 0 Å². The molecule has 0 aliphatic rings. The lowest BCUT2D eigenvalue weighted by Crippen LogP contribution is -2.00. The van der Waals surface area contributed by atoms with Crippen molar-refractivity contribution < 1.29 is 4.74 Å². The molecule has 1 N–H and O–H groups in total. The van der Waals surface area contributed by atoms with Crippen molar-refractivity contribution in [1.82, 2.24) is 0 Å². The molecular weight excluding hydrogens is 306 g/mol. The monoisotopic (exact) mass is 331 g/mol. The van der Waals surface area contributed by atoms with Crippen LogP contribution < -0.4 is 10.1 Å². The van der Waals surface area contributed by atoms with Crippen molar-refractivity contribution in [3.05, 3.63) is 59.1 Å². The second kappa shape index (κ2) is 10.2. The molecule has 0 unspecified atom stereocenters. The Hall–Kier alpha value is -1.67. The minimum atomic E-state index is 0.756. The summed E-state index contributed by atoms with van der Waals surface area (Å²) < 4.78 is 5.78. The minimum Gasteiger partial charge on any atom is -0.494 e. The summed E-state index contributed by atoms with van der Waals surface area (Å²) in [4.78, 5) is 0. The van der Waals surface area contributed by atoms with Crippen molar-refractivity contribution in [3.8, 4) is 5.75 Å². The first kappa shape index (κ1) is 17.7. The Bertz CT molecular complexity index is 551. The number of anilines is 1. The molecule has 0 fully saturated rings. The first-order valence-electron chi connectivity index (χ1n) is 8.49. The van der Waals surface area contributed by atoms with Crippen LogP contribution in [0.4, 0.5) is 5.69 Å². The first-order valence-corrected chi connectivity index (χ1v) is 8.87. The summed E-state index contributed by atoms with van der Waals surface area (Å²) in [6.07, 6.45) is 6.33. The van der Waals surface area contributed by atoms with Crippen molar-refractivity contribution in [2.75, 3.05) is 11.9 Å². The number of halogens is 1. The van der Waals surface area contributed by atoms with Gasteiger partial charge in [-0.25, -0.2) is 0 Å². The van der Waals surface area contributed by atoms with Crippen molar-refractivity contribution in [1.29, 1.82) is 0 Å². The second-order valence-corrected chi connectivity index (χ2v) is 6.20. The highest BCUT2D eigenvalue weighted by Crippen LogP contribution is 2.16. The predicted octanol–water partition coefficient (Wildman–Crippen LogP) is 6.30.